The molecule has 1 fully saturated rings. The van der Waals surface area contributed by atoms with Gasteiger partial charge in [-0.1, -0.05) is 0 Å². The van der Waals surface area contributed by atoms with Gasteiger partial charge in [-0.2, -0.15) is 5.10 Å². The molecule has 0 bridgehead atoms. The predicted octanol–water partition coefficient (Wildman–Crippen LogP) is 3.82. The molecule has 0 amide bonds. The van der Waals surface area contributed by atoms with E-state index in [0.717, 1.165) is 31.5 Å². The molecule has 1 saturated heterocycles. The van der Waals surface area contributed by atoms with Gasteiger partial charge in [-0.15, -0.1) is 25.6 Å². The number of rotatable bonds is 7. The summed E-state index contributed by atoms with van der Waals surface area (Å²) in [6.07, 6.45) is 0.808. The van der Waals surface area contributed by atoms with Gasteiger partial charge in [0.25, 0.3) is 0 Å². The third-order valence-electron chi connectivity index (χ3n) is 4.33. The van der Waals surface area contributed by atoms with Crippen molar-refractivity contribution in [2.75, 3.05) is 33.4 Å². The second kappa shape index (κ2) is 9.99. The summed E-state index contributed by atoms with van der Waals surface area (Å²) < 4.78 is 54.0. The van der Waals surface area contributed by atoms with Crippen LogP contribution in [-0.2, 0) is 4.74 Å². The van der Waals surface area contributed by atoms with Gasteiger partial charge >= 0.3 is 6.36 Å². The number of alkyl halides is 3. The highest BCUT2D eigenvalue weighted by atomic mass is 35.5. The minimum absolute atomic E-state index is 0. The molecule has 0 unspecified atom stereocenters. The summed E-state index contributed by atoms with van der Waals surface area (Å²) in [5.74, 6) is -0.0388. The molecule has 1 aromatic carbocycles. The maximum absolute atomic E-state index is 12.5. The summed E-state index contributed by atoms with van der Waals surface area (Å²) in [5.41, 5.74) is 1.43. The lowest BCUT2D eigenvalue weighted by Crippen LogP contribution is -2.29. The van der Waals surface area contributed by atoms with Gasteiger partial charge in [0.15, 0.2) is 0 Å². The molecule has 1 aliphatic rings. The molecule has 28 heavy (non-hydrogen) atoms. The lowest BCUT2D eigenvalue weighted by molar-refractivity contribution is -0.274. The van der Waals surface area contributed by atoms with E-state index in [9.17, 15) is 13.2 Å². The Balaban J connectivity index is 0.00000280. The van der Waals surface area contributed by atoms with E-state index >= 15 is 0 Å². The van der Waals surface area contributed by atoms with Crippen molar-refractivity contribution in [1.82, 2.24) is 15.1 Å². The van der Waals surface area contributed by atoms with Crippen LogP contribution in [0.4, 0.5) is 13.2 Å². The van der Waals surface area contributed by atoms with Crippen LogP contribution in [0.25, 0.3) is 11.1 Å². The Labute approximate surface area is 167 Å². The highest BCUT2D eigenvalue weighted by molar-refractivity contribution is 5.85. The van der Waals surface area contributed by atoms with E-state index in [2.05, 4.69) is 15.2 Å². The topological polar surface area (TPSA) is 57.5 Å². The second-order valence-electron chi connectivity index (χ2n) is 6.24. The summed E-state index contributed by atoms with van der Waals surface area (Å²) >= 11 is 0. The first-order valence-corrected chi connectivity index (χ1v) is 8.73. The van der Waals surface area contributed by atoms with Gasteiger partial charge in [-0.25, -0.2) is 0 Å². The van der Waals surface area contributed by atoms with Crippen LogP contribution in [0.3, 0.4) is 0 Å². The maximum Gasteiger partial charge on any atom is 0.573 e. The quantitative estimate of drug-likeness (QED) is 0.689. The fourth-order valence-corrected chi connectivity index (χ4v) is 3.04. The Morgan fingerprint density at radius 1 is 1.21 bits per heavy atom. The number of aromatic nitrogens is 2. The molecule has 2 heterocycles. The first kappa shape index (κ1) is 22.3. The van der Waals surface area contributed by atoms with E-state index in [0.29, 0.717) is 24.0 Å². The average molecular weight is 422 g/mol. The number of piperidine rings is 1. The normalized spacial score (nSPS) is 15.1. The molecule has 1 aromatic heterocycles. The largest absolute Gasteiger partial charge is 0.573 e. The fraction of sp³-hybridized carbons (Fsp3) is 0.500. The van der Waals surface area contributed by atoms with Crippen LogP contribution < -0.4 is 14.8 Å². The number of hydrogen-bond acceptors (Lipinski definition) is 5. The highest BCUT2D eigenvalue weighted by Crippen LogP contribution is 2.35. The first-order valence-electron chi connectivity index (χ1n) is 8.73. The van der Waals surface area contributed by atoms with E-state index < -0.39 is 6.36 Å². The van der Waals surface area contributed by atoms with E-state index in [1.807, 2.05) is 10.9 Å². The van der Waals surface area contributed by atoms with Gasteiger partial charge in [-0.3, -0.25) is 4.68 Å². The zero-order valence-corrected chi connectivity index (χ0v) is 16.2. The number of methoxy groups -OCH3 is 1. The number of halogens is 4. The number of nitrogens with zero attached hydrogens (tertiary/aromatic N) is 2. The smallest absolute Gasteiger partial charge is 0.490 e. The Morgan fingerprint density at radius 3 is 2.64 bits per heavy atom. The van der Waals surface area contributed by atoms with E-state index in [4.69, 9.17) is 9.47 Å². The Morgan fingerprint density at radius 2 is 1.96 bits per heavy atom. The molecule has 0 radical (unpaired) electrons. The third-order valence-corrected chi connectivity index (χ3v) is 4.33. The van der Waals surface area contributed by atoms with Crippen LogP contribution in [-0.4, -0.2) is 49.6 Å². The van der Waals surface area contributed by atoms with Crippen LogP contribution in [0, 0.1) is 0 Å². The van der Waals surface area contributed by atoms with Gasteiger partial charge in [0.2, 0.25) is 0 Å². The minimum Gasteiger partial charge on any atom is -0.490 e. The van der Waals surface area contributed by atoms with Crippen molar-refractivity contribution in [3.05, 3.63) is 30.6 Å². The number of benzene rings is 1. The molecule has 3 rings (SSSR count). The van der Waals surface area contributed by atoms with Crippen molar-refractivity contribution in [3.8, 4) is 22.6 Å². The van der Waals surface area contributed by atoms with E-state index in [1.165, 1.54) is 19.2 Å². The van der Waals surface area contributed by atoms with Crippen LogP contribution in [0.1, 0.15) is 18.9 Å². The molecule has 0 atom stereocenters. The van der Waals surface area contributed by atoms with Crippen molar-refractivity contribution >= 4 is 12.4 Å². The van der Waals surface area contributed by atoms with Gasteiger partial charge in [0, 0.05) is 30.5 Å². The van der Waals surface area contributed by atoms with Crippen LogP contribution >= 0.6 is 12.4 Å². The van der Waals surface area contributed by atoms with E-state index in [1.54, 1.807) is 12.3 Å². The zero-order chi connectivity index (χ0) is 19.3. The lowest BCUT2D eigenvalue weighted by atomic mass is 10.1. The van der Waals surface area contributed by atoms with Crippen LogP contribution in [0.5, 0.6) is 11.5 Å². The van der Waals surface area contributed by atoms with Crippen molar-refractivity contribution in [2.24, 2.45) is 0 Å². The number of nitrogens with one attached hydrogen (secondary N) is 1. The van der Waals surface area contributed by atoms with Crippen molar-refractivity contribution in [3.63, 3.8) is 0 Å². The molecule has 10 heteroatoms. The average Bonchev–Trinajstić information content (AvgIpc) is 3.11. The molecule has 2 aromatic rings. The van der Waals surface area contributed by atoms with E-state index in [-0.39, 0.29) is 24.8 Å². The first-order chi connectivity index (χ1) is 13.0. The molecule has 0 aliphatic carbocycles. The van der Waals surface area contributed by atoms with Crippen molar-refractivity contribution < 1.29 is 27.4 Å². The minimum atomic E-state index is -4.76. The maximum atomic E-state index is 12.5. The fourth-order valence-electron chi connectivity index (χ4n) is 3.04. The number of hydrogen-bond donors (Lipinski definition) is 1. The van der Waals surface area contributed by atoms with Crippen molar-refractivity contribution in [1.29, 1.82) is 0 Å². The van der Waals surface area contributed by atoms with Crippen LogP contribution in [0.15, 0.2) is 30.6 Å². The molecule has 0 saturated carbocycles. The van der Waals surface area contributed by atoms with Crippen LogP contribution in [0.2, 0.25) is 0 Å². The molecule has 0 spiro atoms. The van der Waals surface area contributed by atoms with Gasteiger partial charge in [0.1, 0.15) is 18.1 Å². The molecular weight excluding hydrogens is 399 g/mol. The summed E-state index contributed by atoms with van der Waals surface area (Å²) in [7, 11) is 1.52. The SMILES string of the molecule is COCCOc1cc(OC(F)(F)F)ccc1-c1cnn(C2CCNCC2)c1.Cl. The standard InChI is InChI=1S/C18H22F3N3O3.ClH/c1-25-8-9-26-17-10-15(27-18(19,20)21)2-3-16(17)13-11-23-24(12-13)14-4-6-22-7-5-14;/h2-3,10-12,14,22H,4-9H2,1H3;1H. The van der Waals surface area contributed by atoms with Crippen molar-refractivity contribution in [2.45, 2.75) is 25.2 Å². The van der Waals surface area contributed by atoms with Gasteiger partial charge in [0.05, 0.1) is 18.8 Å². The number of ether oxygens (including phenoxy) is 3. The second-order valence-corrected chi connectivity index (χ2v) is 6.24. The Kier molecular flexibility index (Phi) is 7.97. The highest BCUT2D eigenvalue weighted by Gasteiger charge is 2.31. The third kappa shape index (κ3) is 6.02. The molecular formula is C18H23ClF3N3O3. The lowest BCUT2D eigenvalue weighted by Gasteiger charge is -2.22. The molecule has 156 valence electrons. The Bertz CT molecular complexity index is 749. The Hall–Kier alpha value is -1.97. The molecule has 6 nitrogen and oxygen atoms in total. The predicted molar refractivity (Wildman–Crippen MR) is 100 cm³/mol. The molecule has 1 aliphatic heterocycles. The van der Waals surface area contributed by atoms with Gasteiger partial charge < -0.3 is 19.5 Å². The summed E-state index contributed by atoms with van der Waals surface area (Å²) in [5, 5.41) is 7.74. The molecule has 1 N–H and O–H groups in total. The summed E-state index contributed by atoms with van der Waals surface area (Å²) in [6, 6.07) is 4.37. The summed E-state index contributed by atoms with van der Waals surface area (Å²) in [4.78, 5) is 0. The monoisotopic (exact) mass is 421 g/mol. The zero-order valence-electron chi connectivity index (χ0n) is 15.4. The summed E-state index contributed by atoms with van der Waals surface area (Å²) in [6.45, 7) is 2.41. The van der Waals surface area contributed by atoms with Gasteiger partial charge in [-0.05, 0) is 38.1 Å².